The summed E-state index contributed by atoms with van der Waals surface area (Å²) in [5.74, 6) is 1.16. The van der Waals surface area contributed by atoms with Crippen molar-refractivity contribution in [1.29, 1.82) is 0 Å². The van der Waals surface area contributed by atoms with Crippen molar-refractivity contribution in [2.45, 2.75) is 49.3 Å². The molecule has 0 saturated carbocycles. The van der Waals surface area contributed by atoms with Crippen LogP contribution in [0.3, 0.4) is 0 Å². The monoisotopic (exact) mass is 478 g/mol. The Morgan fingerprint density at radius 2 is 1.76 bits per heavy atom. The number of aliphatic imine (C=N–C) groups is 1. The Bertz CT molecular complexity index is 1320. The molecule has 7 nitrogen and oxygen atoms in total. The Kier molecular flexibility index (Phi) is 6.41. The molecule has 0 unspecified atom stereocenters. The number of fused-ring (bicyclic) bond motifs is 2. The predicted molar refractivity (Wildman–Crippen MR) is 133 cm³/mol. The van der Waals surface area contributed by atoms with Gasteiger partial charge in [0.1, 0.15) is 5.84 Å². The first-order valence-electron chi connectivity index (χ1n) is 12.0. The highest BCUT2D eigenvalue weighted by Gasteiger charge is 2.30. The van der Waals surface area contributed by atoms with E-state index in [2.05, 4.69) is 39.1 Å². The van der Waals surface area contributed by atoms with E-state index in [0.717, 1.165) is 45.2 Å². The number of nitrogens with zero attached hydrogens (tertiary/aromatic N) is 2. The molecule has 1 fully saturated rings. The first-order chi connectivity index (χ1) is 16.5. The molecule has 0 aliphatic carbocycles. The van der Waals surface area contributed by atoms with Gasteiger partial charge in [0.15, 0.2) is 0 Å². The summed E-state index contributed by atoms with van der Waals surface area (Å²) in [5.41, 5.74) is 3.18. The number of carbonyl (C=O) groups is 1. The average Bonchev–Trinajstić information content (AvgIpc) is 3.40. The third-order valence-corrected chi connectivity index (χ3v) is 8.29. The molecule has 0 bridgehead atoms. The molecule has 3 heterocycles. The van der Waals surface area contributed by atoms with Crippen LogP contribution in [0.15, 0.2) is 64.6 Å². The number of para-hydroxylation sites is 1. The van der Waals surface area contributed by atoms with Crippen molar-refractivity contribution in [2.24, 2.45) is 4.99 Å². The van der Waals surface area contributed by atoms with Crippen molar-refractivity contribution in [1.82, 2.24) is 14.6 Å². The van der Waals surface area contributed by atoms with E-state index in [1.165, 1.54) is 16.5 Å². The lowest BCUT2D eigenvalue weighted by Crippen LogP contribution is -2.37. The number of hydrogen-bond acceptors (Lipinski definition) is 4. The fraction of sp³-hybridized carbons (Fsp3) is 0.385. The molecule has 2 N–H and O–H groups in total. The summed E-state index contributed by atoms with van der Waals surface area (Å²) in [6.07, 6.45) is 7.24. The van der Waals surface area contributed by atoms with Crippen LogP contribution in [0.2, 0.25) is 0 Å². The van der Waals surface area contributed by atoms with E-state index >= 15 is 0 Å². The van der Waals surface area contributed by atoms with E-state index in [4.69, 9.17) is 0 Å². The lowest BCUT2D eigenvalue weighted by molar-refractivity contribution is -0.132. The summed E-state index contributed by atoms with van der Waals surface area (Å²) in [6, 6.07) is 15.3. The molecule has 34 heavy (non-hydrogen) atoms. The number of amidine groups is 1. The number of unbranched alkanes of at least 4 members (excludes halogenated alkanes) is 2. The van der Waals surface area contributed by atoms with Gasteiger partial charge in [-0.15, -0.1) is 0 Å². The molecule has 1 saturated heterocycles. The second kappa shape index (κ2) is 9.62. The van der Waals surface area contributed by atoms with Crippen LogP contribution in [0.4, 0.5) is 0 Å². The Morgan fingerprint density at radius 3 is 2.62 bits per heavy atom. The van der Waals surface area contributed by atoms with Gasteiger partial charge in [0.25, 0.3) is 10.0 Å². The molecule has 2 aliphatic rings. The van der Waals surface area contributed by atoms with Crippen LogP contribution < -0.4 is 4.72 Å². The molecule has 3 aromatic rings. The SMILES string of the molecule is O=C(CCCCCN=C1NS(=O)(=O)c2ccccc21)N1CCC(c2c[nH]c3ccccc23)CC1. The van der Waals surface area contributed by atoms with Crippen LogP contribution in [0.1, 0.15) is 55.6 Å². The fourth-order valence-electron chi connectivity index (χ4n) is 5.04. The van der Waals surface area contributed by atoms with E-state index < -0.39 is 10.0 Å². The maximum absolute atomic E-state index is 12.7. The van der Waals surface area contributed by atoms with Gasteiger partial charge in [-0.1, -0.05) is 36.8 Å². The van der Waals surface area contributed by atoms with Gasteiger partial charge in [0, 0.05) is 48.7 Å². The number of aromatic nitrogens is 1. The van der Waals surface area contributed by atoms with E-state index in [0.29, 0.717) is 30.3 Å². The van der Waals surface area contributed by atoms with Crippen molar-refractivity contribution in [3.8, 4) is 0 Å². The minimum Gasteiger partial charge on any atom is -0.361 e. The van der Waals surface area contributed by atoms with Gasteiger partial charge in [-0.3, -0.25) is 14.5 Å². The molecular weight excluding hydrogens is 448 g/mol. The van der Waals surface area contributed by atoms with Gasteiger partial charge in [-0.05, 0) is 55.4 Å². The quantitative estimate of drug-likeness (QED) is 0.499. The average molecular weight is 479 g/mol. The zero-order valence-electron chi connectivity index (χ0n) is 19.2. The highest BCUT2D eigenvalue weighted by Crippen LogP contribution is 2.33. The van der Waals surface area contributed by atoms with Gasteiger partial charge in [-0.2, -0.15) is 0 Å². The first-order valence-corrected chi connectivity index (χ1v) is 13.5. The molecule has 0 radical (unpaired) electrons. The number of H-pyrrole nitrogens is 1. The lowest BCUT2D eigenvalue weighted by Gasteiger charge is -2.32. The smallest absolute Gasteiger partial charge is 0.263 e. The minimum absolute atomic E-state index is 0.237. The third-order valence-electron chi connectivity index (χ3n) is 6.89. The summed E-state index contributed by atoms with van der Waals surface area (Å²) in [5, 5.41) is 1.30. The van der Waals surface area contributed by atoms with Crippen LogP contribution in [-0.2, 0) is 14.8 Å². The zero-order valence-corrected chi connectivity index (χ0v) is 20.0. The Morgan fingerprint density at radius 1 is 1.00 bits per heavy atom. The summed E-state index contributed by atoms with van der Waals surface area (Å²) in [4.78, 5) is 22.8. The molecule has 0 spiro atoms. The number of benzene rings is 2. The second-order valence-corrected chi connectivity index (χ2v) is 10.7. The maximum atomic E-state index is 12.7. The van der Waals surface area contributed by atoms with Crippen molar-refractivity contribution in [3.63, 3.8) is 0 Å². The predicted octanol–water partition coefficient (Wildman–Crippen LogP) is 4.17. The molecular formula is C26H30N4O3S. The van der Waals surface area contributed by atoms with Crippen LogP contribution in [0, 0.1) is 0 Å². The molecule has 2 aliphatic heterocycles. The lowest BCUT2D eigenvalue weighted by atomic mass is 9.89. The second-order valence-electron chi connectivity index (χ2n) is 9.09. The Labute approximate surface area is 200 Å². The largest absolute Gasteiger partial charge is 0.361 e. The molecule has 0 atom stereocenters. The normalized spacial score (nSPS) is 18.8. The highest BCUT2D eigenvalue weighted by atomic mass is 32.2. The number of likely N-dealkylation sites (tertiary alicyclic amines) is 1. The van der Waals surface area contributed by atoms with Crippen molar-refractivity contribution in [2.75, 3.05) is 19.6 Å². The highest BCUT2D eigenvalue weighted by molar-refractivity contribution is 7.90. The van der Waals surface area contributed by atoms with Gasteiger partial charge in [-0.25, -0.2) is 8.42 Å². The van der Waals surface area contributed by atoms with E-state index in [1.807, 2.05) is 17.0 Å². The molecule has 178 valence electrons. The number of sulfonamides is 1. The summed E-state index contributed by atoms with van der Waals surface area (Å²) >= 11 is 0. The molecule has 1 aromatic heterocycles. The standard InChI is InChI=1S/C26H30N4O3S/c31-25(30-16-13-19(14-17-30)22-18-28-23-10-5-3-8-20(22)23)12-2-1-7-15-27-26-21-9-4-6-11-24(21)34(32,33)29-26/h3-6,8-11,18-19,28H,1-2,7,12-17H2,(H,27,29). The zero-order chi connectivity index (χ0) is 23.5. The maximum Gasteiger partial charge on any atom is 0.263 e. The summed E-state index contributed by atoms with van der Waals surface area (Å²) in [7, 11) is -3.49. The number of piperidine rings is 1. The van der Waals surface area contributed by atoms with Gasteiger partial charge >= 0.3 is 0 Å². The molecule has 1 amide bonds. The molecule has 8 heteroatoms. The van der Waals surface area contributed by atoms with Crippen molar-refractivity contribution < 1.29 is 13.2 Å². The number of aromatic amines is 1. The molecule has 2 aromatic carbocycles. The van der Waals surface area contributed by atoms with Crippen molar-refractivity contribution in [3.05, 3.63) is 65.9 Å². The Hall–Kier alpha value is -3.13. The van der Waals surface area contributed by atoms with Crippen molar-refractivity contribution >= 4 is 32.7 Å². The molecule has 5 rings (SSSR count). The van der Waals surface area contributed by atoms with Gasteiger partial charge in [0.05, 0.1) is 4.90 Å². The van der Waals surface area contributed by atoms with Crippen LogP contribution in [-0.4, -0.2) is 49.7 Å². The van der Waals surface area contributed by atoms with E-state index in [-0.39, 0.29) is 10.8 Å². The fourth-order valence-corrected chi connectivity index (χ4v) is 6.29. The minimum atomic E-state index is -3.49. The van der Waals surface area contributed by atoms with Crippen LogP contribution >= 0.6 is 0 Å². The number of amides is 1. The Balaban J connectivity index is 1.04. The van der Waals surface area contributed by atoms with E-state index in [9.17, 15) is 13.2 Å². The number of rotatable bonds is 7. The third kappa shape index (κ3) is 4.59. The van der Waals surface area contributed by atoms with Gasteiger partial charge < -0.3 is 9.88 Å². The van der Waals surface area contributed by atoms with Crippen LogP contribution in [0.5, 0.6) is 0 Å². The number of nitrogens with one attached hydrogen (secondary N) is 2. The topological polar surface area (TPSA) is 94.6 Å². The van der Waals surface area contributed by atoms with E-state index in [1.54, 1.807) is 18.2 Å². The number of carbonyl (C=O) groups excluding carboxylic acids is 1. The summed E-state index contributed by atoms with van der Waals surface area (Å²) < 4.78 is 26.8. The van der Waals surface area contributed by atoms with Gasteiger partial charge in [0.2, 0.25) is 5.91 Å². The first kappa shape index (κ1) is 22.7. The summed E-state index contributed by atoms with van der Waals surface area (Å²) in [6.45, 7) is 2.17. The van der Waals surface area contributed by atoms with Crippen LogP contribution in [0.25, 0.3) is 10.9 Å². The number of hydrogen-bond donors (Lipinski definition) is 2.